The van der Waals surface area contributed by atoms with Crippen LogP contribution in [0.2, 0.25) is 0 Å². The van der Waals surface area contributed by atoms with Gasteiger partial charge >= 0.3 is 0 Å². The quantitative estimate of drug-likeness (QED) is 0.782. The van der Waals surface area contributed by atoms with Gasteiger partial charge in [-0.2, -0.15) is 5.10 Å². The standard InChI is InChI=1S/C12H24N4.2ClH/c1-5-16(6-2)8-7-13-9-12-10-15(4)14-11(12)3;;/h10,13H,5-9H2,1-4H3;2*1H. The molecule has 0 saturated heterocycles. The first-order valence-corrected chi connectivity index (χ1v) is 6.09. The number of hydrogen-bond donors (Lipinski definition) is 1. The Balaban J connectivity index is 0. The Morgan fingerprint density at radius 2 is 1.89 bits per heavy atom. The highest BCUT2D eigenvalue weighted by Gasteiger charge is 2.02. The molecule has 4 nitrogen and oxygen atoms in total. The van der Waals surface area contributed by atoms with E-state index in [9.17, 15) is 0 Å². The third-order valence-electron chi connectivity index (χ3n) is 2.93. The number of rotatable bonds is 7. The van der Waals surface area contributed by atoms with Crippen LogP contribution in [0.25, 0.3) is 0 Å². The molecule has 0 aromatic carbocycles. The fourth-order valence-electron chi connectivity index (χ4n) is 1.82. The molecule has 0 aliphatic rings. The van der Waals surface area contributed by atoms with E-state index in [4.69, 9.17) is 0 Å². The first-order valence-electron chi connectivity index (χ1n) is 6.09. The van der Waals surface area contributed by atoms with E-state index in [0.717, 1.165) is 38.4 Å². The molecule has 0 fully saturated rings. The highest BCUT2D eigenvalue weighted by Crippen LogP contribution is 2.03. The molecular formula is C12H26Cl2N4. The lowest BCUT2D eigenvalue weighted by atomic mass is 10.2. The molecule has 0 bridgehead atoms. The molecule has 1 aromatic heterocycles. The van der Waals surface area contributed by atoms with Gasteiger partial charge in [0.25, 0.3) is 0 Å². The van der Waals surface area contributed by atoms with E-state index in [2.05, 4.69) is 42.3 Å². The van der Waals surface area contributed by atoms with Crippen LogP contribution in [-0.2, 0) is 13.6 Å². The fourth-order valence-corrected chi connectivity index (χ4v) is 1.82. The zero-order valence-electron chi connectivity index (χ0n) is 11.8. The molecule has 1 heterocycles. The monoisotopic (exact) mass is 296 g/mol. The van der Waals surface area contributed by atoms with Crippen LogP contribution >= 0.6 is 24.8 Å². The third kappa shape index (κ3) is 6.59. The molecule has 0 unspecified atom stereocenters. The number of aryl methyl sites for hydroxylation is 2. The molecule has 0 amide bonds. The lowest BCUT2D eigenvalue weighted by Crippen LogP contribution is -2.31. The number of likely N-dealkylation sites (N-methyl/N-ethyl adjacent to an activating group) is 1. The fraction of sp³-hybridized carbons (Fsp3) is 0.750. The SMILES string of the molecule is CCN(CC)CCNCc1cn(C)nc1C.Cl.Cl. The summed E-state index contributed by atoms with van der Waals surface area (Å²) in [6, 6.07) is 0. The van der Waals surface area contributed by atoms with Crippen molar-refractivity contribution in [3.8, 4) is 0 Å². The topological polar surface area (TPSA) is 33.1 Å². The van der Waals surface area contributed by atoms with Crippen LogP contribution in [0.15, 0.2) is 6.20 Å². The van der Waals surface area contributed by atoms with Crippen molar-refractivity contribution in [1.29, 1.82) is 0 Å². The second kappa shape index (κ2) is 10.6. The van der Waals surface area contributed by atoms with Gasteiger partial charge < -0.3 is 10.2 Å². The smallest absolute Gasteiger partial charge is 0.0638 e. The predicted molar refractivity (Wildman–Crippen MR) is 81.9 cm³/mol. The maximum absolute atomic E-state index is 4.32. The van der Waals surface area contributed by atoms with Crippen molar-refractivity contribution in [1.82, 2.24) is 20.0 Å². The highest BCUT2D eigenvalue weighted by atomic mass is 35.5. The van der Waals surface area contributed by atoms with Crippen molar-refractivity contribution in [2.75, 3.05) is 26.2 Å². The number of nitrogens with zero attached hydrogens (tertiary/aromatic N) is 3. The lowest BCUT2D eigenvalue weighted by Gasteiger charge is -2.17. The molecular weight excluding hydrogens is 271 g/mol. The Hall–Kier alpha value is -0.290. The van der Waals surface area contributed by atoms with Gasteiger partial charge in [0.05, 0.1) is 5.69 Å². The van der Waals surface area contributed by atoms with Crippen molar-refractivity contribution in [3.05, 3.63) is 17.5 Å². The summed E-state index contributed by atoms with van der Waals surface area (Å²) in [5.74, 6) is 0. The summed E-state index contributed by atoms with van der Waals surface area (Å²) in [5, 5.41) is 7.78. The van der Waals surface area contributed by atoms with Gasteiger partial charge in [0.2, 0.25) is 0 Å². The van der Waals surface area contributed by atoms with Crippen LogP contribution in [0, 0.1) is 6.92 Å². The number of hydrogen-bond acceptors (Lipinski definition) is 3. The number of nitrogens with one attached hydrogen (secondary N) is 1. The predicted octanol–water partition coefficient (Wildman–Crippen LogP) is 2.00. The molecule has 6 heteroatoms. The number of halogens is 2. The summed E-state index contributed by atoms with van der Waals surface area (Å²) in [5.41, 5.74) is 2.42. The van der Waals surface area contributed by atoms with Crippen LogP contribution in [0.3, 0.4) is 0 Å². The normalized spacial score (nSPS) is 10.1. The van der Waals surface area contributed by atoms with Gasteiger partial charge in [-0.15, -0.1) is 24.8 Å². The highest BCUT2D eigenvalue weighted by molar-refractivity contribution is 5.85. The van der Waals surface area contributed by atoms with Gasteiger partial charge in [-0.1, -0.05) is 13.8 Å². The molecule has 0 atom stereocenters. The Bertz CT molecular complexity index is 311. The van der Waals surface area contributed by atoms with Crippen molar-refractivity contribution >= 4 is 24.8 Å². The van der Waals surface area contributed by atoms with E-state index >= 15 is 0 Å². The van der Waals surface area contributed by atoms with E-state index in [-0.39, 0.29) is 24.8 Å². The van der Waals surface area contributed by atoms with Gasteiger partial charge in [0.15, 0.2) is 0 Å². The molecule has 108 valence electrons. The maximum Gasteiger partial charge on any atom is 0.0638 e. The largest absolute Gasteiger partial charge is 0.311 e. The maximum atomic E-state index is 4.32. The zero-order valence-corrected chi connectivity index (χ0v) is 13.4. The second-order valence-electron chi connectivity index (χ2n) is 4.12. The summed E-state index contributed by atoms with van der Waals surface area (Å²) in [6.45, 7) is 11.8. The van der Waals surface area contributed by atoms with Crippen LogP contribution in [0.5, 0.6) is 0 Å². The minimum absolute atomic E-state index is 0. The first kappa shape index (κ1) is 20.0. The average molecular weight is 297 g/mol. The average Bonchev–Trinajstić information content (AvgIpc) is 2.58. The number of aromatic nitrogens is 2. The van der Waals surface area contributed by atoms with E-state index in [1.54, 1.807) is 0 Å². The van der Waals surface area contributed by atoms with Gasteiger partial charge in [-0.3, -0.25) is 4.68 Å². The summed E-state index contributed by atoms with van der Waals surface area (Å²) in [4.78, 5) is 2.42. The van der Waals surface area contributed by atoms with Gasteiger partial charge in [-0.25, -0.2) is 0 Å². The van der Waals surface area contributed by atoms with Crippen molar-refractivity contribution in [2.24, 2.45) is 7.05 Å². The minimum Gasteiger partial charge on any atom is -0.311 e. The third-order valence-corrected chi connectivity index (χ3v) is 2.93. The second-order valence-corrected chi connectivity index (χ2v) is 4.12. The molecule has 0 aliphatic carbocycles. The van der Waals surface area contributed by atoms with Crippen molar-refractivity contribution in [2.45, 2.75) is 27.3 Å². The van der Waals surface area contributed by atoms with Crippen LogP contribution in [-0.4, -0.2) is 40.9 Å². The molecule has 0 aliphatic heterocycles. The van der Waals surface area contributed by atoms with Gasteiger partial charge in [0, 0.05) is 38.4 Å². The molecule has 1 aromatic rings. The molecule has 1 N–H and O–H groups in total. The molecule has 0 spiro atoms. The van der Waals surface area contributed by atoms with E-state index in [0.29, 0.717) is 0 Å². The first-order chi connectivity index (χ1) is 7.67. The van der Waals surface area contributed by atoms with Crippen LogP contribution < -0.4 is 5.32 Å². The Morgan fingerprint density at radius 1 is 1.28 bits per heavy atom. The Labute approximate surface area is 123 Å². The van der Waals surface area contributed by atoms with Crippen molar-refractivity contribution < 1.29 is 0 Å². The summed E-state index contributed by atoms with van der Waals surface area (Å²) < 4.78 is 1.87. The summed E-state index contributed by atoms with van der Waals surface area (Å²) >= 11 is 0. The zero-order chi connectivity index (χ0) is 12.0. The lowest BCUT2D eigenvalue weighted by molar-refractivity contribution is 0.302. The summed E-state index contributed by atoms with van der Waals surface area (Å²) in [6.07, 6.45) is 2.08. The van der Waals surface area contributed by atoms with Gasteiger partial charge in [0.1, 0.15) is 0 Å². The van der Waals surface area contributed by atoms with Gasteiger partial charge in [-0.05, 0) is 20.0 Å². The Kier molecular flexibility index (Phi) is 11.8. The van der Waals surface area contributed by atoms with E-state index in [1.165, 1.54) is 5.56 Å². The molecule has 18 heavy (non-hydrogen) atoms. The Morgan fingerprint density at radius 3 is 2.33 bits per heavy atom. The van der Waals surface area contributed by atoms with E-state index < -0.39 is 0 Å². The van der Waals surface area contributed by atoms with Crippen molar-refractivity contribution in [3.63, 3.8) is 0 Å². The van der Waals surface area contributed by atoms with E-state index in [1.807, 2.05) is 11.7 Å². The molecule has 0 radical (unpaired) electrons. The molecule has 0 saturated carbocycles. The molecule has 1 rings (SSSR count). The van der Waals surface area contributed by atoms with Crippen LogP contribution in [0.1, 0.15) is 25.1 Å². The van der Waals surface area contributed by atoms with Crippen LogP contribution in [0.4, 0.5) is 0 Å². The summed E-state index contributed by atoms with van der Waals surface area (Å²) in [7, 11) is 1.96. The minimum atomic E-state index is 0.